The van der Waals surface area contributed by atoms with Crippen LogP contribution in [0.5, 0.6) is 0 Å². The highest BCUT2D eigenvalue weighted by Crippen LogP contribution is 2.24. The van der Waals surface area contributed by atoms with Crippen LogP contribution in [0.1, 0.15) is 31.3 Å². The minimum Gasteiger partial charge on any atom is -0.332 e. The summed E-state index contributed by atoms with van der Waals surface area (Å²) >= 11 is 0. The third-order valence-corrected chi connectivity index (χ3v) is 5.17. The van der Waals surface area contributed by atoms with Crippen LogP contribution >= 0.6 is 0 Å². The predicted molar refractivity (Wildman–Crippen MR) is 75.6 cm³/mol. The fourth-order valence-corrected chi connectivity index (χ4v) is 3.15. The molecule has 2 aromatic rings. The van der Waals surface area contributed by atoms with Crippen LogP contribution in [0.25, 0.3) is 0 Å². The molecule has 108 valence electrons. The Kier molecular flexibility index (Phi) is 4.20. The van der Waals surface area contributed by atoms with Crippen molar-refractivity contribution >= 4 is 10.0 Å². The van der Waals surface area contributed by atoms with Gasteiger partial charge in [-0.2, -0.15) is 4.31 Å². The number of rotatable bonds is 5. The van der Waals surface area contributed by atoms with Gasteiger partial charge in [0.25, 0.3) is 10.0 Å². The van der Waals surface area contributed by atoms with E-state index in [0.29, 0.717) is 12.2 Å². The minimum absolute atomic E-state index is 0.123. The van der Waals surface area contributed by atoms with E-state index in [-0.39, 0.29) is 11.1 Å². The normalized spacial score (nSPS) is 13.6. The Bertz CT molecular complexity index is 667. The summed E-state index contributed by atoms with van der Waals surface area (Å²) in [5, 5.41) is 0.123. The van der Waals surface area contributed by atoms with Crippen molar-refractivity contribution in [3.05, 3.63) is 42.1 Å². The van der Waals surface area contributed by atoms with Gasteiger partial charge in [-0.3, -0.25) is 4.98 Å². The highest BCUT2D eigenvalue weighted by Gasteiger charge is 2.27. The highest BCUT2D eigenvalue weighted by atomic mass is 32.2. The summed E-state index contributed by atoms with van der Waals surface area (Å²) in [6.45, 7) is 3.75. The topological polar surface area (TPSA) is 79.0 Å². The third-order valence-electron chi connectivity index (χ3n) is 3.33. The number of H-pyrrole nitrogens is 1. The van der Waals surface area contributed by atoms with Gasteiger partial charge < -0.3 is 4.98 Å². The zero-order chi connectivity index (χ0) is 14.8. The van der Waals surface area contributed by atoms with Crippen molar-refractivity contribution in [2.24, 2.45) is 0 Å². The third kappa shape index (κ3) is 2.73. The lowest BCUT2D eigenvalue weighted by molar-refractivity contribution is 0.396. The number of hydrogen-bond acceptors (Lipinski definition) is 4. The zero-order valence-corrected chi connectivity index (χ0v) is 12.6. The number of aromatic amines is 1. The molecule has 2 heterocycles. The number of imidazole rings is 1. The Morgan fingerprint density at radius 2 is 2.00 bits per heavy atom. The average molecular weight is 294 g/mol. The first-order chi connectivity index (χ1) is 9.46. The van der Waals surface area contributed by atoms with Crippen molar-refractivity contribution in [3.63, 3.8) is 0 Å². The zero-order valence-electron chi connectivity index (χ0n) is 11.7. The fraction of sp³-hybridized carbons (Fsp3) is 0.385. The standard InChI is InChI=1S/C13H18N4O2S/c1-4-12-15-9-13(16-12)20(18,19)17(3)10(2)11-5-7-14-8-6-11/h5-10H,4H2,1-3H3,(H,15,16). The second kappa shape index (κ2) is 5.72. The van der Waals surface area contributed by atoms with Gasteiger partial charge in [0.1, 0.15) is 5.82 Å². The molecule has 1 N–H and O–H groups in total. The van der Waals surface area contributed by atoms with Gasteiger partial charge in [-0.05, 0) is 24.6 Å². The molecule has 0 fully saturated rings. The molecule has 2 aromatic heterocycles. The molecular formula is C13H18N4O2S. The largest absolute Gasteiger partial charge is 0.332 e. The van der Waals surface area contributed by atoms with Crippen molar-refractivity contribution < 1.29 is 8.42 Å². The summed E-state index contributed by atoms with van der Waals surface area (Å²) in [6, 6.07) is 3.33. The Morgan fingerprint density at radius 1 is 1.35 bits per heavy atom. The van der Waals surface area contributed by atoms with Crippen molar-refractivity contribution in [1.29, 1.82) is 0 Å². The maximum Gasteiger partial charge on any atom is 0.260 e. The second-order valence-electron chi connectivity index (χ2n) is 4.53. The molecule has 20 heavy (non-hydrogen) atoms. The fourth-order valence-electron chi connectivity index (χ4n) is 1.87. The van der Waals surface area contributed by atoms with E-state index in [4.69, 9.17) is 0 Å². The summed E-state index contributed by atoms with van der Waals surface area (Å²) in [4.78, 5) is 10.8. The van der Waals surface area contributed by atoms with Crippen LogP contribution in [-0.2, 0) is 16.4 Å². The molecule has 0 aliphatic carbocycles. The molecule has 0 aliphatic rings. The summed E-state index contributed by atoms with van der Waals surface area (Å²) in [5.41, 5.74) is 0.890. The smallest absolute Gasteiger partial charge is 0.260 e. The average Bonchev–Trinajstić information content (AvgIpc) is 2.96. The molecule has 0 saturated heterocycles. The van der Waals surface area contributed by atoms with Crippen molar-refractivity contribution in [3.8, 4) is 0 Å². The quantitative estimate of drug-likeness (QED) is 0.911. The molecule has 0 bridgehead atoms. The van der Waals surface area contributed by atoms with Gasteiger partial charge in [-0.1, -0.05) is 6.92 Å². The lowest BCUT2D eigenvalue weighted by Gasteiger charge is -2.23. The first kappa shape index (κ1) is 14.7. The molecule has 0 radical (unpaired) electrons. The molecular weight excluding hydrogens is 276 g/mol. The highest BCUT2D eigenvalue weighted by molar-refractivity contribution is 7.89. The van der Waals surface area contributed by atoms with E-state index in [9.17, 15) is 8.42 Å². The van der Waals surface area contributed by atoms with Crippen LogP contribution in [-0.4, -0.2) is 34.7 Å². The van der Waals surface area contributed by atoms with Gasteiger partial charge >= 0.3 is 0 Å². The molecule has 0 spiro atoms. The van der Waals surface area contributed by atoms with E-state index in [1.54, 1.807) is 31.6 Å². The van der Waals surface area contributed by atoms with E-state index in [0.717, 1.165) is 5.56 Å². The van der Waals surface area contributed by atoms with E-state index in [2.05, 4.69) is 15.0 Å². The SMILES string of the molecule is CCc1ncc(S(=O)(=O)N(C)C(C)c2ccncc2)[nH]1. The van der Waals surface area contributed by atoms with Gasteiger partial charge in [0.2, 0.25) is 0 Å². The molecule has 1 unspecified atom stereocenters. The first-order valence-corrected chi connectivity index (χ1v) is 7.82. The lowest BCUT2D eigenvalue weighted by atomic mass is 10.1. The van der Waals surface area contributed by atoms with Gasteiger partial charge in [-0.25, -0.2) is 13.4 Å². The number of nitrogens with one attached hydrogen (secondary N) is 1. The maximum atomic E-state index is 12.5. The van der Waals surface area contributed by atoms with Crippen LogP contribution in [0, 0.1) is 0 Å². The van der Waals surface area contributed by atoms with Crippen LogP contribution < -0.4 is 0 Å². The lowest BCUT2D eigenvalue weighted by Crippen LogP contribution is -2.30. The number of aromatic nitrogens is 3. The Morgan fingerprint density at radius 3 is 2.55 bits per heavy atom. The number of aryl methyl sites for hydroxylation is 1. The molecule has 7 heteroatoms. The summed E-state index contributed by atoms with van der Waals surface area (Å²) < 4.78 is 26.4. The number of pyridine rings is 1. The number of nitrogens with zero attached hydrogens (tertiary/aromatic N) is 3. The van der Waals surface area contributed by atoms with Gasteiger partial charge in [0, 0.05) is 31.9 Å². The van der Waals surface area contributed by atoms with Crippen LogP contribution in [0.2, 0.25) is 0 Å². The van der Waals surface area contributed by atoms with Gasteiger partial charge in [-0.15, -0.1) is 0 Å². The van der Waals surface area contributed by atoms with Crippen LogP contribution in [0.15, 0.2) is 35.7 Å². The molecule has 0 aromatic carbocycles. The number of hydrogen-bond donors (Lipinski definition) is 1. The van der Waals surface area contributed by atoms with Gasteiger partial charge in [0.05, 0.1) is 6.20 Å². The molecule has 2 rings (SSSR count). The summed E-state index contributed by atoms with van der Waals surface area (Å²) in [6.07, 6.45) is 5.33. The monoisotopic (exact) mass is 294 g/mol. The van der Waals surface area contributed by atoms with E-state index in [1.807, 2.05) is 13.8 Å². The Labute approximate surface area is 118 Å². The first-order valence-electron chi connectivity index (χ1n) is 6.38. The van der Waals surface area contributed by atoms with Crippen molar-refractivity contribution in [2.45, 2.75) is 31.3 Å². The molecule has 0 saturated carbocycles. The van der Waals surface area contributed by atoms with E-state index >= 15 is 0 Å². The summed E-state index contributed by atoms with van der Waals surface area (Å²) in [7, 11) is -2.02. The Balaban J connectivity index is 2.29. The second-order valence-corrected chi connectivity index (χ2v) is 6.49. The summed E-state index contributed by atoms with van der Waals surface area (Å²) in [5.74, 6) is 0.661. The molecule has 1 atom stereocenters. The predicted octanol–water partition coefficient (Wildman–Crippen LogP) is 1.75. The van der Waals surface area contributed by atoms with Crippen LogP contribution in [0.3, 0.4) is 0 Å². The minimum atomic E-state index is -3.58. The molecule has 0 amide bonds. The number of sulfonamides is 1. The molecule has 0 aliphatic heterocycles. The van der Waals surface area contributed by atoms with Crippen molar-refractivity contribution in [1.82, 2.24) is 19.3 Å². The van der Waals surface area contributed by atoms with Crippen molar-refractivity contribution in [2.75, 3.05) is 7.05 Å². The van der Waals surface area contributed by atoms with Gasteiger partial charge in [0.15, 0.2) is 5.03 Å². The van der Waals surface area contributed by atoms with Crippen LogP contribution in [0.4, 0.5) is 0 Å². The van der Waals surface area contributed by atoms with E-state index < -0.39 is 10.0 Å². The van der Waals surface area contributed by atoms with E-state index in [1.165, 1.54) is 10.5 Å². The molecule has 6 nitrogen and oxygen atoms in total. The maximum absolute atomic E-state index is 12.5. The Hall–Kier alpha value is -1.73.